The first kappa shape index (κ1) is 14.5. The highest BCUT2D eigenvalue weighted by Crippen LogP contribution is 2.18. The van der Waals surface area contributed by atoms with E-state index >= 15 is 0 Å². The van der Waals surface area contributed by atoms with E-state index in [0.29, 0.717) is 12.1 Å². The van der Waals surface area contributed by atoms with Gasteiger partial charge in [0, 0.05) is 12.6 Å². The number of nitrogens with two attached hydrogens (primary N) is 1. The largest absolute Gasteiger partial charge is 0.378 e. The summed E-state index contributed by atoms with van der Waals surface area (Å²) in [6.07, 6.45) is 10.00. The quantitative estimate of drug-likeness (QED) is 0.812. The van der Waals surface area contributed by atoms with Crippen LogP contribution < -0.4 is 5.73 Å². The van der Waals surface area contributed by atoms with Crippen molar-refractivity contribution in [3.8, 4) is 0 Å². The number of benzene rings is 1. The van der Waals surface area contributed by atoms with Crippen LogP contribution in [-0.4, -0.2) is 18.8 Å². The fourth-order valence-corrected chi connectivity index (χ4v) is 2.79. The Bertz CT molecular complexity index is 332. The van der Waals surface area contributed by atoms with Gasteiger partial charge in [-0.05, 0) is 56.9 Å². The maximum Gasteiger partial charge on any atom is 0.0575 e. The monoisotopic (exact) mass is 261 g/mol. The molecule has 1 aromatic rings. The molecule has 0 bridgehead atoms. The van der Waals surface area contributed by atoms with E-state index in [9.17, 15) is 0 Å². The predicted octanol–water partition coefficient (Wildman–Crippen LogP) is 3.69. The molecule has 2 atom stereocenters. The highest BCUT2D eigenvalue weighted by Gasteiger charge is 2.14. The first-order valence-corrected chi connectivity index (χ1v) is 7.75. The molecular formula is C17H27NO. The molecule has 0 saturated carbocycles. The van der Waals surface area contributed by atoms with Crippen molar-refractivity contribution in [3.63, 3.8) is 0 Å². The molecule has 2 unspecified atom stereocenters. The fraction of sp³-hybridized carbons (Fsp3) is 0.647. The van der Waals surface area contributed by atoms with Crippen LogP contribution in [0.15, 0.2) is 30.3 Å². The molecule has 2 heteroatoms. The minimum absolute atomic E-state index is 0.342. The van der Waals surface area contributed by atoms with E-state index in [4.69, 9.17) is 10.5 Å². The molecule has 19 heavy (non-hydrogen) atoms. The fourth-order valence-electron chi connectivity index (χ4n) is 2.79. The molecule has 1 aliphatic heterocycles. The summed E-state index contributed by atoms with van der Waals surface area (Å²) in [5.74, 6) is 0. The SMILES string of the molecule is NC(CCCc1ccccc1)CCC1CCCCO1. The van der Waals surface area contributed by atoms with Gasteiger partial charge in [-0.15, -0.1) is 0 Å². The minimum atomic E-state index is 0.342. The Kier molecular flexibility index (Phi) is 6.38. The predicted molar refractivity (Wildman–Crippen MR) is 80.2 cm³/mol. The van der Waals surface area contributed by atoms with Crippen molar-refractivity contribution in [2.24, 2.45) is 5.73 Å². The van der Waals surface area contributed by atoms with Crippen molar-refractivity contribution < 1.29 is 4.74 Å². The molecule has 2 nitrogen and oxygen atoms in total. The average Bonchev–Trinajstić information content (AvgIpc) is 2.47. The minimum Gasteiger partial charge on any atom is -0.378 e. The average molecular weight is 261 g/mol. The van der Waals surface area contributed by atoms with Gasteiger partial charge >= 0.3 is 0 Å². The lowest BCUT2D eigenvalue weighted by molar-refractivity contribution is 0.00902. The summed E-state index contributed by atoms with van der Waals surface area (Å²) >= 11 is 0. The van der Waals surface area contributed by atoms with Crippen LogP contribution in [0.3, 0.4) is 0 Å². The third-order valence-corrected chi connectivity index (χ3v) is 4.02. The highest BCUT2D eigenvalue weighted by molar-refractivity contribution is 5.14. The summed E-state index contributed by atoms with van der Waals surface area (Å²) in [7, 11) is 0. The van der Waals surface area contributed by atoms with E-state index < -0.39 is 0 Å². The molecule has 0 aromatic heterocycles. The van der Waals surface area contributed by atoms with Gasteiger partial charge in [-0.25, -0.2) is 0 Å². The molecule has 1 aromatic carbocycles. The van der Waals surface area contributed by atoms with Crippen LogP contribution in [0, 0.1) is 0 Å². The van der Waals surface area contributed by atoms with Gasteiger partial charge in [0.15, 0.2) is 0 Å². The van der Waals surface area contributed by atoms with Gasteiger partial charge < -0.3 is 10.5 Å². The molecule has 0 spiro atoms. The van der Waals surface area contributed by atoms with Gasteiger partial charge in [0.05, 0.1) is 6.10 Å². The molecule has 0 amide bonds. The lowest BCUT2D eigenvalue weighted by atomic mass is 9.98. The van der Waals surface area contributed by atoms with E-state index in [0.717, 1.165) is 32.3 Å². The van der Waals surface area contributed by atoms with Crippen molar-refractivity contribution in [2.45, 2.75) is 63.5 Å². The highest BCUT2D eigenvalue weighted by atomic mass is 16.5. The zero-order valence-corrected chi connectivity index (χ0v) is 11.9. The van der Waals surface area contributed by atoms with Gasteiger partial charge in [0.2, 0.25) is 0 Å². The van der Waals surface area contributed by atoms with Crippen LogP contribution >= 0.6 is 0 Å². The van der Waals surface area contributed by atoms with Crippen LogP contribution in [0.1, 0.15) is 50.5 Å². The Labute approximate surface area is 117 Å². The standard InChI is InChI=1S/C17H27NO/c18-16(12-13-17-11-4-5-14-19-17)10-6-9-15-7-2-1-3-8-15/h1-3,7-8,16-17H,4-6,9-14,18H2. The Hall–Kier alpha value is -0.860. The van der Waals surface area contributed by atoms with E-state index in [2.05, 4.69) is 30.3 Å². The Morgan fingerprint density at radius 2 is 2.00 bits per heavy atom. The van der Waals surface area contributed by atoms with E-state index in [1.54, 1.807) is 0 Å². The van der Waals surface area contributed by atoms with Crippen LogP contribution in [0.5, 0.6) is 0 Å². The molecule has 1 fully saturated rings. The van der Waals surface area contributed by atoms with Gasteiger partial charge in [-0.2, -0.15) is 0 Å². The second-order valence-electron chi connectivity index (χ2n) is 5.70. The summed E-state index contributed by atoms with van der Waals surface area (Å²) in [4.78, 5) is 0. The number of ether oxygens (including phenoxy) is 1. The molecule has 1 saturated heterocycles. The second-order valence-corrected chi connectivity index (χ2v) is 5.70. The summed E-state index contributed by atoms with van der Waals surface area (Å²) in [5, 5.41) is 0. The molecule has 0 aliphatic carbocycles. The molecule has 106 valence electrons. The van der Waals surface area contributed by atoms with Gasteiger partial charge in [0.1, 0.15) is 0 Å². The molecular weight excluding hydrogens is 234 g/mol. The molecule has 2 N–H and O–H groups in total. The van der Waals surface area contributed by atoms with Crippen LogP contribution in [-0.2, 0) is 11.2 Å². The lowest BCUT2D eigenvalue weighted by Gasteiger charge is -2.23. The topological polar surface area (TPSA) is 35.2 Å². The maximum atomic E-state index is 6.20. The third kappa shape index (κ3) is 5.75. The Morgan fingerprint density at radius 1 is 1.16 bits per heavy atom. The van der Waals surface area contributed by atoms with Crippen molar-refractivity contribution in [1.82, 2.24) is 0 Å². The molecule has 2 rings (SSSR count). The van der Waals surface area contributed by atoms with E-state index in [1.807, 2.05) is 0 Å². The zero-order valence-electron chi connectivity index (χ0n) is 11.9. The van der Waals surface area contributed by atoms with E-state index in [-0.39, 0.29) is 0 Å². The summed E-state index contributed by atoms with van der Waals surface area (Å²) < 4.78 is 5.75. The lowest BCUT2D eigenvalue weighted by Crippen LogP contribution is -2.25. The summed E-state index contributed by atoms with van der Waals surface area (Å²) in [6.45, 7) is 0.952. The molecule has 1 heterocycles. The zero-order chi connectivity index (χ0) is 13.3. The normalized spacial score (nSPS) is 21.2. The van der Waals surface area contributed by atoms with Crippen molar-refractivity contribution in [2.75, 3.05) is 6.61 Å². The van der Waals surface area contributed by atoms with Crippen LogP contribution in [0.2, 0.25) is 0 Å². The van der Waals surface area contributed by atoms with Gasteiger partial charge in [-0.3, -0.25) is 0 Å². The van der Waals surface area contributed by atoms with Crippen LogP contribution in [0.4, 0.5) is 0 Å². The number of rotatable bonds is 7. The Morgan fingerprint density at radius 3 is 2.74 bits per heavy atom. The smallest absolute Gasteiger partial charge is 0.0575 e. The summed E-state index contributed by atoms with van der Waals surface area (Å²) in [6, 6.07) is 11.0. The van der Waals surface area contributed by atoms with Crippen molar-refractivity contribution in [1.29, 1.82) is 0 Å². The van der Waals surface area contributed by atoms with Crippen LogP contribution in [0.25, 0.3) is 0 Å². The number of hydrogen-bond donors (Lipinski definition) is 1. The maximum absolute atomic E-state index is 6.20. The Balaban J connectivity index is 1.55. The van der Waals surface area contributed by atoms with Gasteiger partial charge in [-0.1, -0.05) is 30.3 Å². The molecule has 0 radical (unpaired) electrons. The van der Waals surface area contributed by atoms with Crippen molar-refractivity contribution >= 4 is 0 Å². The van der Waals surface area contributed by atoms with Gasteiger partial charge in [0.25, 0.3) is 0 Å². The summed E-state index contributed by atoms with van der Waals surface area (Å²) in [5.41, 5.74) is 7.62. The third-order valence-electron chi connectivity index (χ3n) is 4.02. The number of hydrogen-bond acceptors (Lipinski definition) is 2. The molecule has 1 aliphatic rings. The van der Waals surface area contributed by atoms with E-state index in [1.165, 1.54) is 31.2 Å². The van der Waals surface area contributed by atoms with Crippen molar-refractivity contribution in [3.05, 3.63) is 35.9 Å². The first-order valence-electron chi connectivity index (χ1n) is 7.75. The number of aryl methyl sites for hydroxylation is 1. The second kappa shape index (κ2) is 8.34. The first-order chi connectivity index (χ1) is 9.34.